The number of aliphatic imine (C=N–C) groups is 1. The zero-order chi connectivity index (χ0) is 15.9. The molecule has 0 aliphatic carbocycles. The average Bonchev–Trinajstić information content (AvgIpc) is 2.61. The van der Waals surface area contributed by atoms with Crippen LogP contribution >= 0.6 is 0 Å². The summed E-state index contributed by atoms with van der Waals surface area (Å²) in [4.78, 5) is 4.33. The molecule has 120 valence electrons. The van der Waals surface area contributed by atoms with Crippen LogP contribution in [-0.2, 0) is 6.42 Å². The Bertz CT molecular complexity index is 658. The number of benzene rings is 2. The fourth-order valence-corrected chi connectivity index (χ4v) is 2.39. The molecule has 0 amide bonds. The number of nitrogens with zero attached hydrogens (tertiary/aromatic N) is 1. The lowest BCUT2D eigenvalue weighted by Crippen LogP contribution is -2.36. The fourth-order valence-electron chi connectivity index (χ4n) is 2.39. The lowest BCUT2D eigenvalue weighted by atomic mass is 10.1. The van der Waals surface area contributed by atoms with Crippen LogP contribution in [0.25, 0.3) is 0 Å². The Balaban J connectivity index is 1.43. The molecule has 2 aromatic carbocycles. The van der Waals surface area contributed by atoms with Gasteiger partial charge in [0.1, 0.15) is 6.61 Å². The van der Waals surface area contributed by atoms with Crippen LogP contribution in [-0.4, -0.2) is 31.8 Å². The minimum Gasteiger partial charge on any atom is -0.486 e. The van der Waals surface area contributed by atoms with Gasteiger partial charge in [0.05, 0.1) is 6.54 Å². The van der Waals surface area contributed by atoms with Crippen molar-refractivity contribution in [3.05, 3.63) is 60.2 Å². The fraction of sp³-hybridized carbons (Fsp3) is 0.278. The van der Waals surface area contributed by atoms with Gasteiger partial charge in [0.25, 0.3) is 0 Å². The topological polar surface area (TPSA) is 68.9 Å². The van der Waals surface area contributed by atoms with E-state index in [1.54, 1.807) is 0 Å². The van der Waals surface area contributed by atoms with Gasteiger partial charge in [-0.15, -0.1) is 0 Å². The van der Waals surface area contributed by atoms with Crippen molar-refractivity contribution in [1.29, 1.82) is 0 Å². The standard InChI is InChI=1S/C18H21N3O2/c19-18(20-11-10-14-6-2-1-3-7-14)21-12-15-13-22-16-8-4-5-9-17(16)23-15/h1-9,15H,10-13H2,(H3,19,20,21). The van der Waals surface area contributed by atoms with E-state index < -0.39 is 0 Å². The molecule has 23 heavy (non-hydrogen) atoms. The summed E-state index contributed by atoms with van der Waals surface area (Å²) in [6.45, 7) is 1.71. The molecule has 3 N–H and O–H groups in total. The van der Waals surface area contributed by atoms with Gasteiger partial charge in [-0.25, -0.2) is 4.99 Å². The zero-order valence-electron chi connectivity index (χ0n) is 12.9. The molecule has 0 spiro atoms. The van der Waals surface area contributed by atoms with E-state index >= 15 is 0 Å². The molecule has 5 nitrogen and oxygen atoms in total. The Kier molecular flexibility index (Phi) is 4.99. The molecule has 0 saturated carbocycles. The summed E-state index contributed by atoms with van der Waals surface area (Å²) in [5.74, 6) is 1.97. The predicted octanol–water partition coefficient (Wildman–Crippen LogP) is 1.97. The average molecular weight is 311 g/mol. The van der Waals surface area contributed by atoms with E-state index in [0.717, 1.165) is 24.5 Å². The highest BCUT2D eigenvalue weighted by Gasteiger charge is 2.19. The highest BCUT2D eigenvalue weighted by molar-refractivity contribution is 5.77. The minimum absolute atomic E-state index is 0.112. The first kappa shape index (κ1) is 15.2. The van der Waals surface area contributed by atoms with Crippen LogP contribution in [0.1, 0.15) is 5.56 Å². The molecule has 1 atom stereocenters. The Morgan fingerprint density at radius 2 is 1.83 bits per heavy atom. The van der Waals surface area contributed by atoms with Gasteiger partial charge in [0.15, 0.2) is 23.6 Å². The monoisotopic (exact) mass is 311 g/mol. The van der Waals surface area contributed by atoms with Crippen molar-refractivity contribution < 1.29 is 9.47 Å². The second-order valence-corrected chi connectivity index (χ2v) is 5.39. The van der Waals surface area contributed by atoms with Gasteiger partial charge in [0.2, 0.25) is 0 Å². The van der Waals surface area contributed by atoms with E-state index in [0.29, 0.717) is 19.1 Å². The molecular formula is C18H21N3O2. The number of hydrogen-bond acceptors (Lipinski definition) is 3. The zero-order valence-corrected chi connectivity index (χ0v) is 12.9. The van der Waals surface area contributed by atoms with Crippen LogP contribution in [0, 0.1) is 0 Å². The second-order valence-electron chi connectivity index (χ2n) is 5.39. The third kappa shape index (κ3) is 4.39. The van der Waals surface area contributed by atoms with Gasteiger partial charge in [0, 0.05) is 6.54 Å². The first-order valence-corrected chi connectivity index (χ1v) is 7.77. The van der Waals surface area contributed by atoms with E-state index in [1.165, 1.54) is 5.56 Å². The first-order chi connectivity index (χ1) is 11.3. The second kappa shape index (κ2) is 7.54. The lowest BCUT2D eigenvalue weighted by molar-refractivity contribution is 0.0972. The highest BCUT2D eigenvalue weighted by Crippen LogP contribution is 2.30. The molecule has 1 heterocycles. The Labute approximate surface area is 136 Å². The van der Waals surface area contributed by atoms with Crippen LogP contribution in [0.2, 0.25) is 0 Å². The van der Waals surface area contributed by atoms with Crippen molar-refractivity contribution in [3.63, 3.8) is 0 Å². The van der Waals surface area contributed by atoms with Crippen molar-refractivity contribution in [2.24, 2.45) is 10.7 Å². The molecule has 3 rings (SSSR count). The number of guanidine groups is 1. The Hall–Kier alpha value is -2.69. The van der Waals surface area contributed by atoms with Crippen LogP contribution in [0.5, 0.6) is 11.5 Å². The van der Waals surface area contributed by atoms with E-state index in [9.17, 15) is 0 Å². The maximum Gasteiger partial charge on any atom is 0.188 e. The van der Waals surface area contributed by atoms with E-state index in [1.807, 2.05) is 42.5 Å². The quantitative estimate of drug-likeness (QED) is 0.654. The number of fused-ring (bicyclic) bond motifs is 1. The summed E-state index contributed by atoms with van der Waals surface area (Å²) in [5, 5.41) is 3.12. The molecule has 2 aromatic rings. The SMILES string of the molecule is NC(=NCC1COc2ccccc2O1)NCCc1ccccc1. The van der Waals surface area contributed by atoms with Gasteiger partial charge in [-0.05, 0) is 24.1 Å². The van der Waals surface area contributed by atoms with Crippen molar-refractivity contribution >= 4 is 5.96 Å². The smallest absolute Gasteiger partial charge is 0.188 e. The number of para-hydroxylation sites is 2. The third-order valence-electron chi connectivity index (χ3n) is 3.60. The summed E-state index contributed by atoms with van der Waals surface area (Å²) in [6.07, 6.45) is 0.799. The molecule has 0 fully saturated rings. The van der Waals surface area contributed by atoms with Crippen LogP contribution in [0.15, 0.2) is 59.6 Å². The molecular weight excluding hydrogens is 290 g/mol. The Morgan fingerprint density at radius 3 is 2.65 bits per heavy atom. The summed E-state index contributed by atoms with van der Waals surface area (Å²) in [5.41, 5.74) is 7.16. The molecule has 0 aromatic heterocycles. The van der Waals surface area contributed by atoms with Gasteiger partial charge in [-0.2, -0.15) is 0 Å². The first-order valence-electron chi connectivity index (χ1n) is 7.77. The van der Waals surface area contributed by atoms with E-state index in [2.05, 4.69) is 22.4 Å². The largest absolute Gasteiger partial charge is 0.486 e. The lowest BCUT2D eigenvalue weighted by Gasteiger charge is -2.25. The third-order valence-corrected chi connectivity index (χ3v) is 3.60. The maximum absolute atomic E-state index is 5.89. The summed E-state index contributed by atoms with van der Waals surface area (Å²) in [7, 11) is 0. The molecule has 1 aliphatic rings. The maximum atomic E-state index is 5.89. The summed E-state index contributed by atoms with van der Waals surface area (Å²) in [6, 6.07) is 17.9. The number of rotatable bonds is 5. The van der Waals surface area contributed by atoms with Crippen molar-refractivity contribution in [1.82, 2.24) is 5.32 Å². The molecule has 5 heteroatoms. The van der Waals surface area contributed by atoms with E-state index in [4.69, 9.17) is 15.2 Å². The van der Waals surface area contributed by atoms with Crippen LogP contribution in [0.4, 0.5) is 0 Å². The Morgan fingerprint density at radius 1 is 1.09 bits per heavy atom. The molecule has 1 aliphatic heterocycles. The molecule has 1 unspecified atom stereocenters. The number of nitrogens with two attached hydrogens (primary N) is 1. The highest BCUT2D eigenvalue weighted by atomic mass is 16.6. The van der Waals surface area contributed by atoms with Crippen molar-refractivity contribution in [2.75, 3.05) is 19.7 Å². The van der Waals surface area contributed by atoms with E-state index in [-0.39, 0.29) is 6.10 Å². The predicted molar refractivity (Wildman–Crippen MR) is 91.0 cm³/mol. The van der Waals surface area contributed by atoms with Crippen molar-refractivity contribution in [2.45, 2.75) is 12.5 Å². The van der Waals surface area contributed by atoms with Crippen LogP contribution in [0.3, 0.4) is 0 Å². The van der Waals surface area contributed by atoms with Gasteiger partial charge < -0.3 is 20.5 Å². The van der Waals surface area contributed by atoms with Crippen molar-refractivity contribution in [3.8, 4) is 11.5 Å². The van der Waals surface area contributed by atoms with Crippen LogP contribution < -0.4 is 20.5 Å². The molecule has 0 saturated heterocycles. The van der Waals surface area contributed by atoms with Gasteiger partial charge >= 0.3 is 0 Å². The van der Waals surface area contributed by atoms with Gasteiger partial charge in [-0.1, -0.05) is 42.5 Å². The number of hydrogen-bond donors (Lipinski definition) is 2. The number of ether oxygens (including phenoxy) is 2. The number of nitrogens with one attached hydrogen (secondary N) is 1. The minimum atomic E-state index is -0.112. The molecule has 0 radical (unpaired) electrons. The summed E-state index contributed by atoms with van der Waals surface area (Å²) >= 11 is 0. The summed E-state index contributed by atoms with van der Waals surface area (Å²) < 4.78 is 11.5. The van der Waals surface area contributed by atoms with Gasteiger partial charge in [-0.3, -0.25) is 0 Å². The normalized spacial score (nSPS) is 16.9. The molecule has 0 bridgehead atoms.